The summed E-state index contributed by atoms with van der Waals surface area (Å²) in [7, 11) is -3.37. The van der Waals surface area contributed by atoms with Gasteiger partial charge in [-0.3, -0.25) is 4.79 Å². The summed E-state index contributed by atoms with van der Waals surface area (Å²) in [5.41, 5.74) is 1.09. The van der Waals surface area contributed by atoms with Gasteiger partial charge in [-0.2, -0.15) is 17.5 Å². The minimum Gasteiger partial charge on any atom is -0.453 e. The highest BCUT2D eigenvalue weighted by Gasteiger charge is 2.46. The van der Waals surface area contributed by atoms with Crippen LogP contribution >= 0.6 is 22.9 Å². The van der Waals surface area contributed by atoms with Crippen LogP contribution in [0.15, 0.2) is 96.4 Å². The Morgan fingerprint density at radius 3 is 2.13 bits per heavy atom. The van der Waals surface area contributed by atoms with E-state index in [2.05, 4.69) is 15.3 Å². The molecule has 0 saturated carbocycles. The first-order valence-corrected chi connectivity index (χ1v) is 19.8. The van der Waals surface area contributed by atoms with E-state index in [1.807, 2.05) is 20.8 Å². The Labute approximate surface area is 326 Å². The molecule has 0 aliphatic rings. The number of nitrogens with zero attached hydrogens (tertiary/aromatic N) is 4. The molecule has 0 saturated heterocycles. The van der Waals surface area contributed by atoms with Gasteiger partial charge < -0.3 is 19.6 Å². The maximum Gasteiger partial charge on any atom is 0.407 e. The van der Waals surface area contributed by atoms with Crippen LogP contribution in [0.25, 0.3) is 5.65 Å². The van der Waals surface area contributed by atoms with Crippen molar-refractivity contribution < 1.29 is 41.0 Å². The molecule has 0 bridgehead atoms. The number of carbonyl (C=O) groups excluding carboxylic acids is 2. The average Bonchev–Trinajstić information content (AvgIpc) is 3.77. The highest BCUT2D eigenvalue weighted by molar-refractivity contribution is 7.89. The zero-order valence-electron chi connectivity index (χ0n) is 30.4. The fraction of sp³-hybridized carbons (Fsp3) is 0.368. The van der Waals surface area contributed by atoms with Crippen LogP contribution in [0, 0.1) is 5.41 Å². The molecule has 0 unspecified atom stereocenters. The van der Waals surface area contributed by atoms with Gasteiger partial charge in [0.1, 0.15) is 11.2 Å². The molecule has 294 valence electrons. The topological polar surface area (TPSA) is 143 Å². The number of benzene rings is 2. The Morgan fingerprint density at radius 2 is 1.58 bits per heavy atom. The van der Waals surface area contributed by atoms with Crippen LogP contribution in [0.1, 0.15) is 72.4 Å². The smallest absolute Gasteiger partial charge is 0.407 e. The fourth-order valence-corrected chi connectivity index (χ4v) is 9.21. The Morgan fingerprint density at radius 1 is 0.982 bits per heavy atom. The number of aromatic nitrogens is 3. The van der Waals surface area contributed by atoms with Gasteiger partial charge in [0, 0.05) is 41.0 Å². The number of fused-ring (bicyclic) bond motifs is 1. The molecule has 2 N–H and O–H groups in total. The van der Waals surface area contributed by atoms with Gasteiger partial charge in [-0.15, -0.1) is 11.3 Å². The van der Waals surface area contributed by atoms with Crippen molar-refractivity contribution in [3.63, 3.8) is 0 Å². The molecule has 1 amide bonds. The van der Waals surface area contributed by atoms with Crippen molar-refractivity contribution >= 4 is 50.5 Å². The van der Waals surface area contributed by atoms with Gasteiger partial charge in [0.05, 0.1) is 31.9 Å². The number of thiophene rings is 1. The molecule has 0 fully saturated rings. The number of rotatable bonds is 15. The van der Waals surface area contributed by atoms with Crippen LogP contribution in [0.4, 0.5) is 18.0 Å². The number of imidazole rings is 1. The van der Waals surface area contributed by atoms with E-state index in [4.69, 9.17) is 16.3 Å². The van der Waals surface area contributed by atoms with Crippen LogP contribution in [0.3, 0.4) is 0 Å². The number of alkyl halides is 3. The normalized spacial score (nSPS) is 14.2. The Balaban J connectivity index is 1.52. The number of aliphatic hydroxyl groups is 1. The molecule has 3 heterocycles. The molecule has 5 aromatic rings. The first kappa shape index (κ1) is 41.8. The second kappa shape index (κ2) is 17.2. The first-order chi connectivity index (χ1) is 25.9. The van der Waals surface area contributed by atoms with Crippen molar-refractivity contribution in [3.8, 4) is 0 Å². The summed E-state index contributed by atoms with van der Waals surface area (Å²) < 4.78 is 80.7. The molecule has 0 radical (unpaired) electrons. The van der Waals surface area contributed by atoms with Gasteiger partial charge in [-0.05, 0) is 35.1 Å². The summed E-state index contributed by atoms with van der Waals surface area (Å²) in [5.74, 6) is -4.11. The Bertz CT molecular complexity index is 2150. The first-order valence-electron chi connectivity index (χ1n) is 17.2. The van der Waals surface area contributed by atoms with Gasteiger partial charge in [-0.25, -0.2) is 23.2 Å². The molecule has 11 nitrogen and oxygen atoms in total. The number of halogens is 4. The molecular weight excluding hydrogens is 779 g/mol. The predicted octanol–water partition coefficient (Wildman–Crippen LogP) is 7.77. The molecule has 55 heavy (non-hydrogen) atoms. The number of hydrogen-bond donors (Lipinski definition) is 2. The van der Waals surface area contributed by atoms with Gasteiger partial charge in [-0.1, -0.05) is 93.0 Å². The quantitative estimate of drug-likeness (QED) is 0.109. The number of amides is 1. The van der Waals surface area contributed by atoms with E-state index in [1.165, 1.54) is 35.1 Å². The zero-order valence-corrected chi connectivity index (χ0v) is 32.8. The van der Waals surface area contributed by atoms with Crippen LogP contribution in [0.2, 0.25) is 5.15 Å². The highest BCUT2D eigenvalue weighted by Crippen LogP contribution is 2.44. The van der Waals surface area contributed by atoms with Gasteiger partial charge in [0.25, 0.3) is 10.0 Å². The van der Waals surface area contributed by atoms with Crippen molar-refractivity contribution in [1.29, 1.82) is 0 Å². The lowest BCUT2D eigenvalue weighted by Gasteiger charge is -2.31. The number of Topliss-reactive ketones (excluding diaryl/α,β-unsaturated/α-hetero) is 1. The second-order valence-electron chi connectivity index (χ2n) is 14.1. The number of nitrogens with one attached hydrogen (secondary N) is 1. The molecule has 5 rings (SSSR count). The number of hydrogen-bond acceptors (Lipinski definition) is 9. The predicted molar refractivity (Wildman–Crippen MR) is 203 cm³/mol. The van der Waals surface area contributed by atoms with Crippen molar-refractivity contribution in [1.82, 2.24) is 24.0 Å². The number of ether oxygens (including phenoxy) is 1. The highest BCUT2D eigenvalue weighted by atomic mass is 35.5. The summed E-state index contributed by atoms with van der Waals surface area (Å²) in [6.07, 6.45) is -2.79. The number of aliphatic hydroxyl groups excluding tert-OH is 1. The average molecular weight is 820 g/mol. The third-order valence-electron chi connectivity index (χ3n) is 9.04. The SMILES string of the molecule is COC(=O)N[C@H](C(=O)C[C@H](c1ccc([C@@H](CO)N(CCC(C)(C)C)S(=O)(=O)c2cn3cc(Cl)nc3cn2)s1)C(F)(F)F)C(c1ccccc1)c1ccccc1. The van der Waals surface area contributed by atoms with Gasteiger partial charge in [0.15, 0.2) is 16.5 Å². The minimum absolute atomic E-state index is 0.100. The summed E-state index contributed by atoms with van der Waals surface area (Å²) in [5, 5.41) is 12.9. The van der Waals surface area contributed by atoms with E-state index in [0.717, 1.165) is 11.4 Å². The molecule has 17 heteroatoms. The summed E-state index contributed by atoms with van der Waals surface area (Å²) in [4.78, 5) is 34.7. The lowest BCUT2D eigenvalue weighted by Crippen LogP contribution is -2.46. The molecule has 0 spiro atoms. The Kier molecular flexibility index (Phi) is 13.1. The van der Waals surface area contributed by atoms with E-state index in [9.17, 15) is 23.1 Å². The zero-order chi connectivity index (χ0) is 40.1. The number of alkyl carbamates (subject to hydrolysis) is 1. The van der Waals surface area contributed by atoms with E-state index in [1.54, 1.807) is 60.7 Å². The standard InChI is InChI=1S/C38H41ClF3N5O6S2/c1-37(2,3)17-18-47(55(51,52)33-22-46-21-31(39)44-32(46)20-43-33)27(23-48)30-16-15-29(54-30)26(38(40,41)42)19-28(49)35(45-36(50)53-4)34(24-11-7-5-8-12-24)25-13-9-6-10-14-25/h5-16,20-22,26-27,34-35,48H,17-19,23H2,1-4H3,(H,45,50)/t26-,27-,35-/m1/s1. The van der Waals surface area contributed by atoms with E-state index >= 15 is 13.2 Å². The molecule has 3 aromatic heterocycles. The van der Waals surface area contributed by atoms with E-state index in [0.29, 0.717) is 34.5 Å². The molecule has 3 atom stereocenters. The van der Waals surface area contributed by atoms with Crippen molar-refractivity contribution in [2.24, 2.45) is 5.41 Å². The number of ketones is 1. The second-order valence-corrected chi connectivity index (χ2v) is 17.5. The third kappa shape index (κ3) is 10.1. The van der Waals surface area contributed by atoms with Crippen molar-refractivity contribution in [2.45, 2.75) is 68.7 Å². The fourth-order valence-electron chi connectivity index (χ4n) is 6.19. The number of carbonyl (C=O) groups is 2. The maximum absolute atomic E-state index is 15.0. The van der Waals surface area contributed by atoms with Crippen LogP contribution in [-0.4, -0.2) is 76.6 Å². The van der Waals surface area contributed by atoms with Crippen LogP contribution in [0.5, 0.6) is 0 Å². The van der Waals surface area contributed by atoms with Crippen LogP contribution < -0.4 is 5.32 Å². The molecular formula is C38H41ClF3N5O6S2. The summed E-state index contributed by atoms with van der Waals surface area (Å²) >= 11 is 6.65. The lowest BCUT2D eigenvalue weighted by molar-refractivity contribution is -0.156. The van der Waals surface area contributed by atoms with Gasteiger partial charge >= 0.3 is 12.3 Å². The van der Waals surface area contributed by atoms with E-state index < -0.39 is 65.0 Å². The van der Waals surface area contributed by atoms with Gasteiger partial charge in [0.2, 0.25) is 0 Å². The minimum atomic E-state index is -4.93. The number of sulfonamides is 1. The molecule has 2 aromatic carbocycles. The lowest BCUT2D eigenvalue weighted by atomic mass is 9.81. The third-order valence-corrected chi connectivity index (χ3v) is 12.3. The Hall–Kier alpha value is -4.35. The molecule has 0 aliphatic carbocycles. The van der Waals surface area contributed by atoms with Crippen LogP contribution in [-0.2, 0) is 19.6 Å². The van der Waals surface area contributed by atoms with Crippen molar-refractivity contribution in [3.05, 3.63) is 117 Å². The maximum atomic E-state index is 15.0. The summed E-state index contributed by atoms with van der Waals surface area (Å²) in [6, 6.07) is 17.0. The molecule has 0 aliphatic heterocycles. The summed E-state index contributed by atoms with van der Waals surface area (Å²) in [6.45, 7) is 4.84. The monoisotopic (exact) mass is 819 g/mol. The van der Waals surface area contributed by atoms with Crippen molar-refractivity contribution in [2.75, 3.05) is 20.3 Å². The van der Waals surface area contributed by atoms with E-state index in [-0.39, 0.29) is 31.9 Å². The largest absolute Gasteiger partial charge is 0.453 e. The number of methoxy groups -OCH3 is 1.